The van der Waals surface area contributed by atoms with Crippen molar-refractivity contribution in [1.82, 2.24) is 4.90 Å². The number of ether oxygens (including phenoxy) is 4. The van der Waals surface area contributed by atoms with Crippen LogP contribution in [0.25, 0.3) is 0 Å². The van der Waals surface area contributed by atoms with Crippen LogP contribution in [0.15, 0.2) is 85.2 Å². The highest BCUT2D eigenvalue weighted by atomic mass is 35.5. The number of benzene rings is 3. The van der Waals surface area contributed by atoms with Crippen molar-refractivity contribution in [3.8, 4) is 11.5 Å². The topological polar surface area (TPSA) is 151 Å². The number of carbonyl (C=O) groups excluding carboxylic acids is 2. The van der Waals surface area contributed by atoms with Gasteiger partial charge in [-0.3, -0.25) is 4.90 Å². The van der Waals surface area contributed by atoms with Gasteiger partial charge in [-0.2, -0.15) is 26.7 Å². The molecular formula is C39H36Cl2F5N3O9. The Kier molecular flexibility index (Phi) is 14.6. The number of nitrogens with zero attached hydrogens (tertiary/aromatic N) is 2. The molecule has 2 bridgehead atoms. The summed E-state index contributed by atoms with van der Waals surface area (Å²) in [4.78, 5) is 38.7. The number of carboxylic acids is 1. The Morgan fingerprint density at radius 3 is 2.17 bits per heavy atom. The second kappa shape index (κ2) is 19.4. The first-order chi connectivity index (χ1) is 27.5. The van der Waals surface area contributed by atoms with Crippen molar-refractivity contribution in [3.63, 3.8) is 0 Å². The molecular weight excluding hydrogens is 820 g/mol. The molecule has 3 atom stereocenters. The Bertz CT molecular complexity index is 2050. The predicted molar refractivity (Wildman–Crippen MR) is 199 cm³/mol. The van der Waals surface area contributed by atoms with Crippen molar-refractivity contribution in [2.24, 2.45) is 5.92 Å². The van der Waals surface area contributed by atoms with Crippen LogP contribution in [-0.4, -0.2) is 73.6 Å². The summed E-state index contributed by atoms with van der Waals surface area (Å²) in [5.74, 6) is -3.84. The monoisotopic (exact) mass is 855 g/mol. The van der Waals surface area contributed by atoms with E-state index in [1.165, 1.54) is 25.3 Å². The molecule has 3 fully saturated rings. The Hall–Kier alpha value is -5.39. The van der Waals surface area contributed by atoms with Gasteiger partial charge in [-0.05, 0) is 73.3 Å². The molecule has 3 aromatic carbocycles. The van der Waals surface area contributed by atoms with Gasteiger partial charge in [0.2, 0.25) is 0 Å². The number of nitrogens with one attached hydrogen (secondary N) is 1. The molecule has 4 heterocycles. The minimum Gasteiger partial charge on any atom is -0.619 e. The van der Waals surface area contributed by atoms with E-state index >= 15 is 0 Å². The van der Waals surface area contributed by atoms with Crippen LogP contribution in [0.4, 0.5) is 27.6 Å². The zero-order valence-corrected chi connectivity index (χ0v) is 32.0. The fourth-order valence-electron chi connectivity index (χ4n) is 6.50. The van der Waals surface area contributed by atoms with Crippen LogP contribution in [0.2, 0.25) is 10.0 Å². The summed E-state index contributed by atoms with van der Waals surface area (Å²) in [7, 11) is 1.28. The Morgan fingerprint density at radius 1 is 0.948 bits per heavy atom. The van der Waals surface area contributed by atoms with E-state index in [2.05, 4.69) is 15.0 Å². The fourth-order valence-corrected chi connectivity index (χ4v) is 7.10. The molecule has 1 aromatic heterocycles. The number of carboxylic acid groups (broad SMARTS) is 1. The van der Waals surface area contributed by atoms with Crippen molar-refractivity contribution in [2.75, 3.05) is 32.1 Å². The maximum Gasteiger partial charge on any atom is 0.490 e. The van der Waals surface area contributed by atoms with Gasteiger partial charge in [-0.15, -0.1) is 0 Å². The molecule has 2 N–H and O–H groups in total. The van der Waals surface area contributed by atoms with Crippen molar-refractivity contribution in [3.05, 3.63) is 123 Å². The Morgan fingerprint density at radius 2 is 1.60 bits per heavy atom. The first kappa shape index (κ1) is 43.7. The molecule has 0 saturated carbocycles. The molecule has 19 heteroatoms. The molecule has 12 nitrogen and oxygen atoms in total. The highest BCUT2D eigenvalue weighted by Crippen LogP contribution is 2.37. The maximum atomic E-state index is 13.8. The Balaban J connectivity index is 0.000000839. The number of alkyl halides is 5. The zero-order chi connectivity index (χ0) is 42.1. The molecule has 0 radical (unpaired) electrons. The second-order valence-electron chi connectivity index (χ2n) is 13.2. The normalized spacial score (nSPS) is 18.3. The van der Waals surface area contributed by atoms with Crippen LogP contribution < -0.4 is 19.5 Å². The smallest absolute Gasteiger partial charge is 0.490 e. The lowest BCUT2D eigenvalue weighted by molar-refractivity contribution is -0.605. The van der Waals surface area contributed by atoms with Crippen LogP contribution in [0.1, 0.15) is 52.0 Å². The van der Waals surface area contributed by atoms with Gasteiger partial charge < -0.3 is 34.6 Å². The third-order valence-corrected chi connectivity index (χ3v) is 10.0. The summed E-state index contributed by atoms with van der Waals surface area (Å²) in [6.07, 6.45) is -2.21. The van der Waals surface area contributed by atoms with E-state index in [-0.39, 0.29) is 39.6 Å². The van der Waals surface area contributed by atoms with Gasteiger partial charge in [0.15, 0.2) is 29.9 Å². The standard InChI is InChI=1S/C37H35Cl2F2N3O7.C2HF3O2/c1-48-32-17-24(10-11-30(32)51-37(40)41)31(18-27-28(38)19-44(47)20-29(27)39)49-35(45)25-8-5-9-26(16-25)42-34(23-6-3-2-4-7-23)36(46)50-33-21-43-14-12-22(33)13-15-43;3-2(4,5)1(6)7/h2-11,16-17,19-20,22,31,33-34,37,42H,12-15,18,21H2,1H3;(H,6,7)/t31-,33-,34?;/m0./s1. The number of pyridine rings is 1. The lowest BCUT2D eigenvalue weighted by atomic mass is 9.86. The van der Waals surface area contributed by atoms with Crippen LogP contribution in [-0.2, 0) is 25.5 Å². The number of methoxy groups -OCH3 is 1. The largest absolute Gasteiger partial charge is 0.619 e. The summed E-state index contributed by atoms with van der Waals surface area (Å²) < 4.78 is 80.1. The highest BCUT2D eigenvalue weighted by Gasteiger charge is 2.39. The minimum atomic E-state index is -5.08. The number of aromatic nitrogens is 1. The summed E-state index contributed by atoms with van der Waals surface area (Å²) in [6, 6.07) is 18.9. The number of carbonyl (C=O) groups is 3. The quantitative estimate of drug-likeness (QED) is 0.0587. The average Bonchev–Trinajstić information content (AvgIpc) is 3.18. The van der Waals surface area contributed by atoms with Crippen molar-refractivity contribution in [2.45, 2.75) is 50.3 Å². The SMILES string of the molecule is COc1cc([C@H](Cc2c(Cl)c[n+]([O-])cc2Cl)OC(=O)c2cccc(NC(C(=O)O[C@H]3CN4CCC3CC4)c3ccccc3)c2)ccc1OC(F)F.O=C(O)C(F)(F)F. The van der Waals surface area contributed by atoms with Crippen LogP contribution in [0, 0.1) is 11.1 Å². The van der Waals surface area contributed by atoms with E-state index in [1.54, 1.807) is 24.3 Å². The number of esters is 2. The van der Waals surface area contributed by atoms with Gasteiger partial charge in [-0.25, -0.2) is 14.4 Å². The minimum absolute atomic E-state index is 0.0280. The van der Waals surface area contributed by atoms with E-state index in [0.717, 1.165) is 38.3 Å². The average molecular weight is 857 g/mol. The molecule has 7 rings (SSSR count). The van der Waals surface area contributed by atoms with E-state index in [9.17, 15) is 36.7 Å². The molecule has 3 aliphatic heterocycles. The molecule has 58 heavy (non-hydrogen) atoms. The highest BCUT2D eigenvalue weighted by molar-refractivity contribution is 6.35. The third kappa shape index (κ3) is 11.6. The lowest BCUT2D eigenvalue weighted by Gasteiger charge is -2.44. The number of hydrogen-bond donors (Lipinski definition) is 2. The molecule has 4 aromatic rings. The number of halogens is 7. The maximum absolute atomic E-state index is 13.8. The lowest BCUT2D eigenvalue weighted by Crippen LogP contribution is -2.52. The summed E-state index contributed by atoms with van der Waals surface area (Å²) in [6.45, 7) is -0.352. The first-order valence-corrected chi connectivity index (χ1v) is 18.3. The number of rotatable bonds is 13. The first-order valence-electron chi connectivity index (χ1n) is 17.6. The van der Waals surface area contributed by atoms with E-state index in [1.807, 2.05) is 30.3 Å². The van der Waals surface area contributed by atoms with Gasteiger partial charge in [0.25, 0.3) is 0 Å². The molecule has 0 amide bonds. The molecule has 0 spiro atoms. The number of fused-ring (bicyclic) bond motifs is 3. The van der Waals surface area contributed by atoms with Gasteiger partial charge in [0.1, 0.15) is 22.3 Å². The fraction of sp³-hybridized carbons (Fsp3) is 0.333. The molecule has 310 valence electrons. The van der Waals surface area contributed by atoms with Gasteiger partial charge in [0, 0.05) is 24.2 Å². The van der Waals surface area contributed by atoms with Gasteiger partial charge in [-0.1, -0.05) is 65.7 Å². The number of aliphatic carboxylic acids is 1. The summed E-state index contributed by atoms with van der Waals surface area (Å²) >= 11 is 12.7. The second-order valence-corrected chi connectivity index (χ2v) is 14.0. The van der Waals surface area contributed by atoms with E-state index in [0.29, 0.717) is 39.6 Å². The summed E-state index contributed by atoms with van der Waals surface area (Å²) in [5.41, 5.74) is 1.97. The van der Waals surface area contributed by atoms with E-state index < -0.39 is 42.8 Å². The number of hydrogen-bond acceptors (Lipinski definition) is 10. The van der Waals surface area contributed by atoms with Crippen molar-refractivity contribution in [1.29, 1.82) is 0 Å². The third-order valence-electron chi connectivity index (χ3n) is 9.36. The number of piperidine rings is 3. The van der Waals surface area contributed by atoms with E-state index in [4.69, 9.17) is 47.3 Å². The van der Waals surface area contributed by atoms with Crippen LogP contribution in [0.5, 0.6) is 11.5 Å². The number of anilines is 1. The predicted octanol–water partition coefficient (Wildman–Crippen LogP) is 7.80. The van der Waals surface area contributed by atoms with Crippen molar-refractivity contribution >= 4 is 46.8 Å². The van der Waals surface area contributed by atoms with Crippen LogP contribution in [0.3, 0.4) is 0 Å². The van der Waals surface area contributed by atoms with Gasteiger partial charge >= 0.3 is 30.7 Å². The molecule has 0 aliphatic carbocycles. The molecule has 3 aliphatic rings. The van der Waals surface area contributed by atoms with Gasteiger partial charge in [0.05, 0.1) is 12.7 Å². The zero-order valence-electron chi connectivity index (χ0n) is 30.5. The Labute approximate surface area is 338 Å². The molecule has 3 saturated heterocycles. The van der Waals surface area contributed by atoms with Crippen LogP contribution >= 0.6 is 23.2 Å². The van der Waals surface area contributed by atoms with Crippen molar-refractivity contribution < 1.29 is 65.1 Å². The summed E-state index contributed by atoms with van der Waals surface area (Å²) in [5, 5.41) is 22.3. The molecule has 1 unspecified atom stereocenters.